The molecule has 4 rings (SSSR count). The molecule has 3 fully saturated rings. The van der Waals surface area contributed by atoms with E-state index in [2.05, 4.69) is 16.0 Å². The Hall–Kier alpha value is -5.19. The number of nitrogens with zero attached hydrogens (tertiary/aromatic N) is 2. The van der Waals surface area contributed by atoms with Gasteiger partial charge in [0.25, 0.3) is 0 Å². The smallest absolute Gasteiger partial charge is 0.329 e. The molecule has 2 aliphatic heterocycles. The van der Waals surface area contributed by atoms with E-state index in [1.54, 1.807) is 58.0 Å². The van der Waals surface area contributed by atoms with E-state index in [9.17, 15) is 53.4 Å². The predicted molar refractivity (Wildman–Crippen MR) is 215 cm³/mol. The summed E-state index contributed by atoms with van der Waals surface area (Å²) in [5, 5.41) is 29.0. The molecule has 2 bridgehead atoms. The number of cyclic esters (lactones) is 1. The molecule has 1 aromatic carbocycles. The van der Waals surface area contributed by atoms with Crippen molar-refractivity contribution in [1.82, 2.24) is 25.8 Å². The van der Waals surface area contributed by atoms with Crippen LogP contribution in [0.25, 0.3) is 0 Å². The van der Waals surface area contributed by atoms with Crippen LogP contribution in [0.2, 0.25) is 0 Å². The van der Waals surface area contributed by atoms with Crippen molar-refractivity contribution < 1.29 is 58.1 Å². The Morgan fingerprint density at radius 1 is 0.883 bits per heavy atom. The maximum Gasteiger partial charge on any atom is 0.329 e. The summed E-state index contributed by atoms with van der Waals surface area (Å²) in [7, 11) is 1.32. The van der Waals surface area contributed by atoms with Gasteiger partial charge in [0.15, 0.2) is 11.6 Å². The van der Waals surface area contributed by atoms with Crippen LogP contribution in [0.3, 0.4) is 0 Å². The van der Waals surface area contributed by atoms with Crippen molar-refractivity contribution in [3.63, 3.8) is 0 Å². The number of carboxylic acids is 1. The normalized spacial score (nSPS) is 28.2. The monoisotopic (exact) mass is 839 g/mol. The lowest BCUT2D eigenvalue weighted by Crippen LogP contribution is -2.61. The van der Waals surface area contributed by atoms with Crippen LogP contribution in [0.5, 0.6) is 0 Å². The first-order valence-electron chi connectivity index (χ1n) is 20.9. The number of carbonyl (C=O) groups is 9. The van der Waals surface area contributed by atoms with Crippen LogP contribution in [-0.4, -0.2) is 123 Å². The zero-order chi connectivity index (χ0) is 44.6. The van der Waals surface area contributed by atoms with Gasteiger partial charge in [-0.2, -0.15) is 0 Å². The maximum atomic E-state index is 14.6. The molecule has 1 aromatic rings. The number of aliphatic hydroxyl groups excluding tert-OH is 1. The molecule has 0 spiro atoms. The molecule has 5 N–H and O–H groups in total. The highest BCUT2D eigenvalue weighted by Crippen LogP contribution is 2.36. The maximum absolute atomic E-state index is 14.6. The summed E-state index contributed by atoms with van der Waals surface area (Å²) in [5.74, 6) is -10.4. The number of aliphatic carboxylic acids is 1. The Labute approximate surface area is 350 Å². The number of ether oxygens (including phenoxy) is 1. The highest BCUT2D eigenvalue weighted by molar-refractivity contribution is 5.98. The minimum atomic E-state index is -1.55. The van der Waals surface area contributed by atoms with Gasteiger partial charge in [-0.05, 0) is 63.4 Å². The summed E-state index contributed by atoms with van der Waals surface area (Å²) >= 11 is 0. The molecule has 0 radical (unpaired) electrons. The van der Waals surface area contributed by atoms with Crippen molar-refractivity contribution in [1.29, 1.82) is 0 Å². The zero-order valence-corrected chi connectivity index (χ0v) is 35.6. The van der Waals surface area contributed by atoms with Crippen LogP contribution < -0.4 is 16.0 Å². The van der Waals surface area contributed by atoms with Gasteiger partial charge in [-0.15, -0.1) is 0 Å². The molecule has 60 heavy (non-hydrogen) atoms. The van der Waals surface area contributed by atoms with E-state index >= 15 is 0 Å². The Balaban J connectivity index is 1.81. The zero-order valence-electron chi connectivity index (χ0n) is 35.6. The lowest BCUT2D eigenvalue weighted by molar-refractivity contribution is -0.168. The van der Waals surface area contributed by atoms with Gasteiger partial charge in [0.1, 0.15) is 30.5 Å². The minimum Gasteiger partial charge on any atom is -0.481 e. The number of Topliss-reactive ketones (excluding diaryl/α,β-unsaturated/α-hetero) is 2. The number of fused-ring (bicyclic) bond motifs is 2. The first kappa shape index (κ1) is 47.5. The highest BCUT2D eigenvalue weighted by atomic mass is 16.5. The highest BCUT2D eigenvalue weighted by Gasteiger charge is 2.47. The van der Waals surface area contributed by atoms with Crippen LogP contribution >= 0.6 is 0 Å². The Kier molecular flexibility index (Phi) is 16.5. The number of esters is 1. The first-order chi connectivity index (χ1) is 28.2. The fraction of sp³-hybridized carbons (Fsp3) is 0.651. The van der Waals surface area contributed by atoms with E-state index in [1.165, 1.54) is 20.9 Å². The number of rotatable bonds is 12. The van der Waals surface area contributed by atoms with Gasteiger partial charge in [0.05, 0.1) is 18.0 Å². The molecule has 0 aromatic heterocycles. The number of amides is 5. The number of benzene rings is 1. The van der Waals surface area contributed by atoms with Crippen molar-refractivity contribution in [3.05, 3.63) is 35.9 Å². The molecule has 2 saturated heterocycles. The number of hydrogen-bond acceptors (Lipinski definition) is 11. The Morgan fingerprint density at radius 3 is 2.12 bits per heavy atom. The van der Waals surface area contributed by atoms with E-state index in [4.69, 9.17) is 4.74 Å². The number of hydrogen-bond donors (Lipinski definition) is 5. The molecule has 1 aliphatic carbocycles. The van der Waals surface area contributed by atoms with Crippen molar-refractivity contribution in [2.24, 2.45) is 29.6 Å². The molecule has 1 saturated carbocycles. The number of likely N-dealkylation sites (N-methyl/N-ethyl adjacent to an activating group) is 1. The number of nitrogens with one attached hydrogen (secondary N) is 3. The number of carboxylic acid groups (broad SMARTS) is 1. The second kappa shape index (κ2) is 20.9. The summed E-state index contributed by atoms with van der Waals surface area (Å²) in [4.78, 5) is 125. The predicted octanol–water partition coefficient (Wildman–Crippen LogP) is 1.52. The third-order valence-corrected chi connectivity index (χ3v) is 11.7. The van der Waals surface area contributed by atoms with Crippen LogP contribution in [0.15, 0.2) is 30.3 Å². The van der Waals surface area contributed by atoms with E-state index in [1.807, 2.05) is 0 Å². The van der Waals surface area contributed by atoms with Crippen LogP contribution in [-0.2, 0) is 54.3 Å². The molecule has 9 atom stereocenters. The number of ketones is 2. The van der Waals surface area contributed by atoms with Crippen LogP contribution in [0.1, 0.15) is 98.5 Å². The van der Waals surface area contributed by atoms with Crippen molar-refractivity contribution in [3.8, 4) is 0 Å². The van der Waals surface area contributed by atoms with Crippen molar-refractivity contribution in [2.45, 2.75) is 142 Å². The van der Waals surface area contributed by atoms with Gasteiger partial charge >= 0.3 is 11.9 Å². The average Bonchev–Trinajstić information content (AvgIpc) is 4.03. The number of carbonyl (C=O) groups excluding carboxylic acids is 8. The van der Waals surface area contributed by atoms with E-state index < -0.39 is 133 Å². The number of piperidine rings is 1. The molecular formula is C43H61N5O12. The third kappa shape index (κ3) is 12.2. The molecule has 0 unspecified atom stereocenters. The molecule has 17 heteroatoms. The Morgan fingerprint density at radius 2 is 1.53 bits per heavy atom. The standard InChI is InChI=1S/C43H61N5O12/c1-22(2)36-43(59)60-25(6)29(21-32(49)24(5)44-38(54)23(3)4)39(55)46-37(27-13-14-27)33(50)20-28-15-17-34(51)48(41(28)57)30(16-18-35(52)53)42(58)47(7)31(40(56)45-36)19-26-11-9-8-10-12-26/h8-12,22-25,27-31,34,36-37,51H,13-21H2,1-7H3,(H,44,54)(H,45,56)(H,46,55)(H,52,53)/t24-,25+,28+,29-,30-,31-,34+,36-,37-/m0/s1. The third-order valence-electron chi connectivity index (χ3n) is 11.7. The summed E-state index contributed by atoms with van der Waals surface area (Å²) in [6.45, 7) is 9.51. The molecule has 330 valence electrons. The SMILES string of the molecule is CC(C)C(=O)N[C@@H](C)C(=O)C[C@@H]1C(=O)N[C@@H](C2CC2)C(=O)C[C@H]2CC[C@@H](O)N(C2=O)[C@@H](CCC(=O)O)C(=O)N(C)[C@@H](Cc2ccccc2)C(=O)N[C@@H](C(C)C)C(=O)O[C@@H]1C. The van der Waals surface area contributed by atoms with Crippen LogP contribution in [0.4, 0.5) is 0 Å². The molecule has 3 aliphatic rings. The second-order valence-electron chi connectivity index (χ2n) is 17.1. The van der Waals surface area contributed by atoms with Gasteiger partial charge < -0.3 is 40.7 Å². The van der Waals surface area contributed by atoms with Gasteiger partial charge in [-0.3, -0.25) is 38.4 Å². The topological polar surface area (TPSA) is 246 Å². The van der Waals surface area contributed by atoms with Gasteiger partial charge in [0, 0.05) is 44.6 Å². The van der Waals surface area contributed by atoms with Gasteiger partial charge in [-0.1, -0.05) is 58.0 Å². The lowest BCUT2D eigenvalue weighted by atomic mass is 9.86. The van der Waals surface area contributed by atoms with Crippen molar-refractivity contribution >= 4 is 53.0 Å². The summed E-state index contributed by atoms with van der Waals surface area (Å²) in [5.41, 5.74) is 0.630. The quantitative estimate of drug-likeness (QED) is 0.188. The summed E-state index contributed by atoms with van der Waals surface area (Å²) < 4.78 is 5.86. The Bertz CT molecular complexity index is 1780. The number of aliphatic hydroxyl groups is 1. The fourth-order valence-corrected chi connectivity index (χ4v) is 7.73. The van der Waals surface area contributed by atoms with Gasteiger partial charge in [-0.25, -0.2) is 4.79 Å². The largest absolute Gasteiger partial charge is 0.481 e. The summed E-state index contributed by atoms with van der Waals surface area (Å²) in [6, 6.07) is 2.40. The molecule has 17 nitrogen and oxygen atoms in total. The second-order valence-corrected chi connectivity index (χ2v) is 17.1. The van der Waals surface area contributed by atoms with E-state index in [0.717, 1.165) is 9.80 Å². The van der Waals surface area contributed by atoms with Crippen LogP contribution in [0, 0.1) is 29.6 Å². The first-order valence-corrected chi connectivity index (χ1v) is 20.9. The van der Waals surface area contributed by atoms with E-state index in [0.29, 0.717) is 18.4 Å². The summed E-state index contributed by atoms with van der Waals surface area (Å²) in [6.07, 6.45) is -3.51. The molecule has 5 amide bonds. The van der Waals surface area contributed by atoms with Crippen molar-refractivity contribution in [2.75, 3.05) is 7.05 Å². The van der Waals surface area contributed by atoms with Gasteiger partial charge in [0.2, 0.25) is 29.5 Å². The minimum absolute atomic E-state index is 0.0403. The fourth-order valence-electron chi connectivity index (χ4n) is 7.73. The molecule has 2 heterocycles. The average molecular weight is 840 g/mol. The lowest BCUT2D eigenvalue weighted by Gasteiger charge is -2.42. The van der Waals surface area contributed by atoms with E-state index in [-0.39, 0.29) is 37.5 Å². The molecular weight excluding hydrogens is 778 g/mol.